The van der Waals surface area contributed by atoms with Crippen molar-refractivity contribution in [2.24, 2.45) is 0 Å². The van der Waals surface area contributed by atoms with Crippen molar-refractivity contribution >= 4 is 17.7 Å². The Labute approximate surface area is 146 Å². The number of anilines is 1. The molecule has 0 aliphatic carbocycles. The lowest BCUT2D eigenvalue weighted by Crippen LogP contribution is -2.13. The highest BCUT2D eigenvalue weighted by Crippen LogP contribution is 2.22. The summed E-state index contributed by atoms with van der Waals surface area (Å²) in [5, 5.41) is 5.46. The summed E-state index contributed by atoms with van der Waals surface area (Å²) in [5.74, 6) is 0.749. The standard InChI is InChI=1S/C19H20N2O4/c22-18(7-4-12-24-16-5-2-1-3-6-16)21-15-10-8-14(9-11-15)17-13-20-19(23)25-17/h1-3,5-6,8-11,17H,4,7,12-13H2,(H,20,23)(H,21,22). The van der Waals surface area contributed by atoms with Crippen molar-refractivity contribution in [3.05, 3.63) is 60.2 Å². The van der Waals surface area contributed by atoms with E-state index in [1.807, 2.05) is 42.5 Å². The van der Waals surface area contributed by atoms with Gasteiger partial charge in [0, 0.05) is 12.1 Å². The van der Waals surface area contributed by atoms with Crippen LogP contribution in [0.15, 0.2) is 54.6 Å². The van der Waals surface area contributed by atoms with Crippen molar-refractivity contribution in [3.63, 3.8) is 0 Å². The number of alkyl carbamates (subject to hydrolysis) is 1. The van der Waals surface area contributed by atoms with Crippen LogP contribution in [-0.2, 0) is 9.53 Å². The predicted molar refractivity (Wildman–Crippen MR) is 93.5 cm³/mol. The zero-order valence-corrected chi connectivity index (χ0v) is 13.7. The predicted octanol–water partition coefficient (Wildman–Crippen LogP) is 3.27. The molecule has 25 heavy (non-hydrogen) atoms. The van der Waals surface area contributed by atoms with Crippen LogP contribution in [-0.4, -0.2) is 25.2 Å². The first-order valence-corrected chi connectivity index (χ1v) is 8.23. The molecule has 1 unspecified atom stereocenters. The third-order valence-electron chi connectivity index (χ3n) is 3.81. The smallest absolute Gasteiger partial charge is 0.407 e. The number of para-hydroxylation sites is 1. The summed E-state index contributed by atoms with van der Waals surface area (Å²) in [7, 11) is 0. The van der Waals surface area contributed by atoms with E-state index in [1.165, 1.54) is 0 Å². The zero-order chi connectivity index (χ0) is 17.5. The number of rotatable bonds is 7. The number of ether oxygens (including phenoxy) is 2. The Balaban J connectivity index is 1.39. The van der Waals surface area contributed by atoms with E-state index in [-0.39, 0.29) is 12.0 Å². The number of benzene rings is 2. The summed E-state index contributed by atoms with van der Waals surface area (Å²) in [6.07, 6.45) is 0.355. The van der Waals surface area contributed by atoms with E-state index in [0.29, 0.717) is 26.0 Å². The van der Waals surface area contributed by atoms with Crippen molar-refractivity contribution < 1.29 is 19.1 Å². The molecule has 2 aromatic carbocycles. The third kappa shape index (κ3) is 4.97. The molecule has 6 heteroatoms. The normalized spacial score (nSPS) is 16.0. The van der Waals surface area contributed by atoms with E-state index in [4.69, 9.17) is 9.47 Å². The second-order valence-corrected chi connectivity index (χ2v) is 5.71. The van der Waals surface area contributed by atoms with E-state index < -0.39 is 6.09 Å². The van der Waals surface area contributed by atoms with E-state index >= 15 is 0 Å². The second kappa shape index (κ2) is 8.19. The highest BCUT2D eigenvalue weighted by Gasteiger charge is 2.23. The van der Waals surface area contributed by atoms with Gasteiger partial charge in [0.05, 0.1) is 13.2 Å². The molecule has 1 atom stereocenters. The number of carbonyl (C=O) groups excluding carboxylic acids is 2. The Morgan fingerprint density at radius 1 is 1.16 bits per heavy atom. The molecule has 2 aromatic rings. The Morgan fingerprint density at radius 2 is 1.92 bits per heavy atom. The fraction of sp³-hybridized carbons (Fsp3) is 0.263. The molecule has 1 heterocycles. The van der Waals surface area contributed by atoms with Gasteiger partial charge in [0.2, 0.25) is 5.91 Å². The van der Waals surface area contributed by atoms with E-state index in [2.05, 4.69) is 10.6 Å². The van der Waals surface area contributed by atoms with Gasteiger partial charge in [0.25, 0.3) is 0 Å². The molecule has 1 saturated heterocycles. The van der Waals surface area contributed by atoms with Gasteiger partial charge in [0.15, 0.2) is 0 Å². The van der Waals surface area contributed by atoms with Crippen LogP contribution < -0.4 is 15.4 Å². The van der Waals surface area contributed by atoms with Gasteiger partial charge in [-0.3, -0.25) is 4.79 Å². The first-order chi connectivity index (χ1) is 12.2. The molecule has 1 fully saturated rings. The third-order valence-corrected chi connectivity index (χ3v) is 3.81. The molecule has 1 aliphatic rings. The summed E-state index contributed by atoms with van der Waals surface area (Å²) >= 11 is 0. The van der Waals surface area contributed by atoms with Crippen molar-refractivity contribution in [3.8, 4) is 5.75 Å². The molecule has 0 saturated carbocycles. The molecule has 2 N–H and O–H groups in total. The van der Waals surface area contributed by atoms with Gasteiger partial charge in [-0.05, 0) is 36.2 Å². The number of carbonyl (C=O) groups is 2. The highest BCUT2D eigenvalue weighted by atomic mass is 16.6. The average Bonchev–Trinajstić information content (AvgIpc) is 3.07. The SMILES string of the molecule is O=C(CCCOc1ccccc1)Nc1ccc(C2CNC(=O)O2)cc1. The Morgan fingerprint density at radius 3 is 2.60 bits per heavy atom. The van der Waals surface area contributed by atoms with Crippen molar-refractivity contribution in [1.29, 1.82) is 0 Å². The summed E-state index contributed by atoms with van der Waals surface area (Å²) < 4.78 is 10.7. The minimum atomic E-state index is -0.403. The van der Waals surface area contributed by atoms with Crippen LogP contribution in [0.3, 0.4) is 0 Å². The van der Waals surface area contributed by atoms with E-state index in [0.717, 1.165) is 17.0 Å². The van der Waals surface area contributed by atoms with Crippen LogP contribution in [0.25, 0.3) is 0 Å². The fourth-order valence-corrected chi connectivity index (χ4v) is 2.52. The zero-order valence-electron chi connectivity index (χ0n) is 13.7. The molecule has 2 amide bonds. The molecule has 0 aromatic heterocycles. The second-order valence-electron chi connectivity index (χ2n) is 5.71. The van der Waals surface area contributed by atoms with Gasteiger partial charge in [-0.15, -0.1) is 0 Å². The van der Waals surface area contributed by atoms with Crippen LogP contribution in [0.2, 0.25) is 0 Å². The van der Waals surface area contributed by atoms with Gasteiger partial charge < -0.3 is 20.1 Å². The molecular weight excluding hydrogens is 320 g/mol. The molecule has 0 spiro atoms. The highest BCUT2D eigenvalue weighted by molar-refractivity contribution is 5.90. The number of hydrogen-bond acceptors (Lipinski definition) is 4. The lowest BCUT2D eigenvalue weighted by atomic mass is 10.1. The van der Waals surface area contributed by atoms with Crippen LogP contribution in [0.4, 0.5) is 10.5 Å². The van der Waals surface area contributed by atoms with Gasteiger partial charge in [-0.25, -0.2) is 4.79 Å². The first kappa shape index (κ1) is 16.8. The lowest BCUT2D eigenvalue weighted by Gasteiger charge is -2.10. The average molecular weight is 340 g/mol. The first-order valence-electron chi connectivity index (χ1n) is 8.23. The molecule has 0 radical (unpaired) electrons. The Bertz CT molecular complexity index is 716. The fourth-order valence-electron chi connectivity index (χ4n) is 2.52. The van der Waals surface area contributed by atoms with Crippen molar-refractivity contribution in [2.45, 2.75) is 18.9 Å². The van der Waals surface area contributed by atoms with Gasteiger partial charge in [0.1, 0.15) is 11.9 Å². The quantitative estimate of drug-likeness (QED) is 0.759. The molecule has 0 bridgehead atoms. The van der Waals surface area contributed by atoms with E-state index in [1.54, 1.807) is 12.1 Å². The van der Waals surface area contributed by atoms with Crippen LogP contribution in [0.5, 0.6) is 5.75 Å². The summed E-state index contributed by atoms with van der Waals surface area (Å²) in [6.45, 7) is 0.961. The molecule has 130 valence electrons. The van der Waals surface area contributed by atoms with E-state index in [9.17, 15) is 9.59 Å². The number of amides is 2. The summed E-state index contributed by atoms with van der Waals surface area (Å²) in [5.41, 5.74) is 1.61. The molecule has 3 rings (SSSR count). The molecule has 6 nitrogen and oxygen atoms in total. The summed E-state index contributed by atoms with van der Waals surface area (Å²) in [6, 6.07) is 16.8. The number of hydrogen-bond donors (Lipinski definition) is 2. The van der Waals surface area contributed by atoms with Crippen LogP contribution in [0, 0.1) is 0 Å². The Hall–Kier alpha value is -3.02. The van der Waals surface area contributed by atoms with Crippen molar-refractivity contribution in [2.75, 3.05) is 18.5 Å². The summed E-state index contributed by atoms with van der Waals surface area (Å²) in [4.78, 5) is 23.0. The Kier molecular flexibility index (Phi) is 5.51. The minimum absolute atomic E-state index is 0.0571. The van der Waals surface area contributed by atoms with Gasteiger partial charge >= 0.3 is 6.09 Å². The minimum Gasteiger partial charge on any atom is -0.494 e. The topological polar surface area (TPSA) is 76.7 Å². The largest absolute Gasteiger partial charge is 0.494 e. The van der Waals surface area contributed by atoms with Gasteiger partial charge in [-0.2, -0.15) is 0 Å². The van der Waals surface area contributed by atoms with Crippen LogP contribution in [0.1, 0.15) is 24.5 Å². The monoisotopic (exact) mass is 340 g/mol. The maximum absolute atomic E-state index is 12.0. The van der Waals surface area contributed by atoms with Crippen LogP contribution >= 0.6 is 0 Å². The number of nitrogens with one attached hydrogen (secondary N) is 2. The van der Waals surface area contributed by atoms with Gasteiger partial charge in [-0.1, -0.05) is 30.3 Å². The molecular formula is C19H20N2O4. The maximum Gasteiger partial charge on any atom is 0.407 e. The number of cyclic esters (lactones) is 1. The lowest BCUT2D eigenvalue weighted by molar-refractivity contribution is -0.116. The molecule has 1 aliphatic heterocycles. The van der Waals surface area contributed by atoms with Crippen molar-refractivity contribution in [1.82, 2.24) is 5.32 Å². The maximum atomic E-state index is 12.0.